The molecule has 0 N–H and O–H groups in total. The van der Waals surface area contributed by atoms with Crippen molar-refractivity contribution in [3.63, 3.8) is 0 Å². The zero-order valence-corrected chi connectivity index (χ0v) is 10.5. The molecule has 0 fully saturated rings. The van der Waals surface area contributed by atoms with Gasteiger partial charge in [0.15, 0.2) is 0 Å². The Morgan fingerprint density at radius 3 is 2.62 bits per heavy atom. The summed E-state index contributed by atoms with van der Waals surface area (Å²) < 4.78 is 5.89. The lowest BCUT2D eigenvalue weighted by molar-refractivity contribution is 0.527. The SMILES string of the molecule is CSCCc1oc(-c2ccccc2)cc1C. The van der Waals surface area contributed by atoms with Crippen LogP contribution in [0, 0.1) is 6.92 Å². The molecule has 2 rings (SSSR count). The Labute approximate surface area is 101 Å². The molecular weight excluding hydrogens is 216 g/mol. The van der Waals surface area contributed by atoms with E-state index in [0.29, 0.717) is 0 Å². The van der Waals surface area contributed by atoms with Crippen molar-refractivity contribution < 1.29 is 4.42 Å². The first-order chi connectivity index (χ1) is 7.81. The maximum Gasteiger partial charge on any atom is 0.134 e. The first kappa shape index (κ1) is 11.3. The summed E-state index contributed by atoms with van der Waals surface area (Å²) in [5.74, 6) is 3.21. The quantitative estimate of drug-likeness (QED) is 0.785. The van der Waals surface area contributed by atoms with Gasteiger partial charge in [-0.1, -0.05) is 30.3 Å². The molecule has 2 aromatic rings. The van der Waals surface area contributed by atoms with E-state index >= 15 is 0 Å². The third-order valence-corrected chi connectivity index (χ3v) is 3.22. The summed E-state index contributed by atoms with van der Waals surface area (Å²) in [7, 11) is 0. The largest absolute Gasteiger partial charge is 0.461 e. The van der Waals surface area contributed by atoms with Gasteiger partial charge in [-0.3, -0.25) is 0 Å². The minimum atomic E-state index is 0.981. The molecule has 16 heavy (non-hydrogen) atoms. The van der Waals surface area contributed by atoms with Gasteiger partial charge >= 0.3 is 0 Å². The highest BCUT2D eigenvalue weighted by molar-refractivity contribution is 7.98. The zero-order chi connectivity index (χ0) is 11.4. The molecule has 0 bridgehead atoms. The zero-order valence-electron chi connectivity index (χ0n) is 9.69. The van der Waals surface area contributed by atoms with E-state index in [2.05, 4.69) is 31.4 Å². The number of benzene rings is 1. The first-order valence-electron chi connectivity index (χ1n) is 5.45. The van der Waals surface area contributed by atoms with E-state index in [1.54, 1.807) is 0 Å². The fourth-order valence-electron chi connectivity index (χ4n) is 1.71. The van der Waals surface area contributed by atoms with Crippen molar-refractivity contribution >= 4 is 11.8 Å². The average Bonchev–Trinajstić information content (AvgIpc) is 2.69. The van der Waals surface area contributed by atoms with Crippen LogP contribution in [0.2, 0.25) is 0 Å². The van der Waals surface area contributed by atoms with E-state index in [1.807, 2.05) is 30.0 Å². The van der Waals surface area contributed by atoms with Gasteiger partial charge in [0, 0.05) is 17.7 Å². The van der Waals surface area contributed by atoms with Crippen LogP contribution in [0.25, 0.3) is 11.3 Å². The minimum absolute atomic E-state index is 0.981. The molecule has 84 valence electrons. The van der Waals surface area contributed by atoms with E-state index in [4.69, 9.17) is 4.42 Å². The van der Waals surface area contributed by atoms with Crippen LogP contribution in [-0.2, 0) is 6.42 Å². The van der Waals surface area contributed by atoms with Crippen molar-refractivity contribution in [2.45, 2.75) is 13.3 Å². The minimum Gasteiger partial charge on any atom is -0.461 e. The maximum absolute atomic E-state index is 5.89. The van der Waals surface area contributed by atoms with Crippen molar-refractivity contribution in [2.24, 2.45) is 0 Å². The molecule has 2 heteroatoms. The van der Waals surface area contributed by atoms with E-state index in [-0.39, 0.29) is 0 Å². The molecule has 0 saturated heterocycles. The lowest BCUT2D eigenvalue weighted by Gasteiger charge is -1.97. The summed E-state index contributed by atoms with van der Waals surface area (Å²) in [6, 6.07) is 12.4. The third-order valence-electron chi connectivity index (χ3n) is 2.61. The van der Waals surface area contributed by atoms with Crippen LogP contribution >= 0.6 is 11.8 Å². The van der Waals surface area contributed by atoms with Gasteiger partial charge in [-0.15, -0.1) is 0 Å². The molecule has 0 aliphatic heterocycles. The molecule has 1 heterocycles. The predicted octanol–water partition coefficient (Wildman–Crippen LogP) is 4.16. The van der Waals surface area contributed by atoms with Gasteiger partial charge in [0.2, 0.25) is 0 Å². The molecule has 1 aromatic heterocycles. The third kappa shape index (κ3) is 2.50. The van der Waals surface area contributed by atoms with Crippen LogP contribution in [0.4, 0.5) is 0 Å². The highest BCUT2D eigenvalue weighted by Crippen LogP contribution is 2.25. The summed E-state index contributed by atoms with van der Waals surface area (Å²) >= 11 is 1.85. The smallest absolute Gasteiger partial charge is 0.134 e. The van der Waals surface area contributed by atoms with Crippen LogP contribution in [0.15, 0.2) is 40.8 Å². The molecule has 0 saturated carbocycles. The fraction of sp³-hybridized carbons (Fsp3) is 0.286. The Bertz CT molecular complexity index is 445. The normalized spacial score (nSPS) is 10.6. The van der Waals surface area contributed by atoms with Crippen molar-refractivity contribution in [3.8, 4) is 11.3 Å². The molecule has 0 aliphatic carbocycles. The Kier molecular flexibility index (Phi) is 3.73. The summed E-state index contributed by atoms with van der Waals surface area (Å²) in [5.41, 5.74) is 2.41. The van der Waals surface area contributed by atoms with Gasteiger partial charge in [0.1, 0.15) is 11.5 Å². The first-order valence-corrected chi connectivity index (χ1v) is 6.84. The van der Waals surface area contributed by atoms with Crippen LogP contribution in [0.5, 0.6) is 0 Å². The summed E-state index contributed by atoms with van der Waals surface area (Å²) in [4.78, 5) is 0. The number of hydrogen-bond acceptors (Lipinski definition) is 2. The van der Waals surface area contributed by atoms with Gasteiger partial charge in [-0.05, 0) is 24.8 Å². The average molecular weight is 232 g/mol. The van der Waals surface area contributed by atoms with Crippen LogP contribution in [-0.4, -0.2) is 12.0 Å². The monoisotopic (exact) mass is 232 g/mol. The van der Waals surface area contributed by atoms with Gasteiger partial charge in [-0.25, -0.2) is 0 Å². The van der Waals surface area contributed by atoms with E-state index in [0.717, 1.165) is 29.3 Å². The second kappa shape index (κ2) is 5.26. The highest BCUT2D eigenvalue weighted by Gasteiger charge is 2.08. The lowest BCUT2D eigenvalue weighted by Crippen LogP contribution is -1.86. The number of furan rings is 1. The molecule has 1 aromatic carbocycles. The lowest BCUT2D eigenvalue weighted by atomic mass is 10.1. The number of aryl methyl sites for hydroxylation is 2. The van der Waals surface area contributed by atoms with Crippen molar-refractivity contribution in [1.82, 2.24) is 0 Å². The molecular formula is C14H16OS. The van der Waals surface area contributed by atoms with Gasteiger partial charge in [0.25, 0.3) is 0 Å². The number of hydrogen-bond donors (Lipinski definition) is 0. The molecule has 0 radical (unpaired) electrons. The molecule has 0 amide bonds. The maximum atomic E-state index is 5.89. The molecule has 1 nitrogen and oxygen atoms in total. The topological polar surface area (TPSA) is 13.1 Å². The van der Waals surface area contributed by atoms with Gasteiger partial charge < -0.3 is 4.42 Å². The highest BCUT2D eigenvalue weighted by atomic mass is 32.2. The van der Waals surface area contributed by atoms with Gasteiger partial charge in [-0.2, -0.15) is 11.8 Å². The van der Waals surface area contributed by atoms with Crippen LogP contribution in [0.1, 0.15) is 11.3 Å². The predicted molar refractivity (Wildman–Crippen MR) is 71.0 cm³/mol. The Morgan fingerprint density at radius 1 is 1.19 bits per heavy atom. The van der Waals surface area contributed by atoms with E-state index in [1.165, 1.54) is 5.56 Å². The number of rotatable bonds is 4. The Hall–Kier alpha value is -1.15. The van der Waals surface area contributed by atoms with Crippen LogP contribution in [0.3, 0.4) is 0 Å². The second-order valence-electron chi connectivity index (χ2n) is 3.83. The Morgan fingerprint density at radius 2 is 1.94 bits per heavy atom. The summed E-state index contributed by atoms with van der Waals surface area (Å²) in [6.45, 7) is 2.12. The van der Waals surface area contributed by atoms with Crippen molar-refractivity contribution in [2.75, 3.05) is 12.0 Å². The molecule has 0 spiro atoms. The Balaban J connectivity index is 2.24. The molecule has 0 unspecified atom stereocenters. The summed E-state index contributed by atoms with van der Waals surface area (Å²) in [6.07, 6.45) is 3.14. The second-order valence-corrected chi connectivity index (χ2v) is 4.81. The van der Waals surface area contributed by atoms with Crippen LogP contribution < -0.4 is 0 Å². The fourth-order valence-corrected chi connectivity index (χ4v) is 2.10. The van der Waals surface area contributed by atoms with E-state index in [9.17, 15) is 0 Å². The van der Waals surface area contributed by atoms with Gasteiger partial charge in [0.05, 0.1) is 0 Å². The molecule has 0 aliphatic rings. The van der Waals surface area contributed by atoms with Crippen molar-refractivity contribution in [3.05, 3.63) is 47.7 Å². The number of thioether (sulfide) groups is 1. The van der Waals surface area contributed by atoms with E-state index < -0.39 is 0 Å². The standard InChI is InChI=1S/C14H16OS/c1-11-10-14(12-6-4-3-5-7-12)15-13(11)8-9-16-2/h3-7,10H,8-9H2,1-2H3. The molecule has 0 atom stereocenters. The summed E-state index contributed by atoms with van der Waals surface area (Å²) in [5, 5.41) is 0. The van der Waals surface area contributed by atoms with Crippen molar-refractivity contribution in [1.29, 1.82) is 0 Å².